The summed E-state index contributed by atoms with van der Waals surface area (Å²) in [6.45, 7) is 4.08. The van der Waals surface area contributed by atoms with E-state index in [0.29, 0.717) is 5.56 Å². The molecule has 1 N–H and O–H groups in total. The number of aryl methyl sites for hydroxylation is 2. The molecule has 0 heterocycles. The summed E-state index contributed by atoms with van der Waals surface area (Å²) in [6.07, 6.45) is 1.56. The van der Waals surface area contributed by atoms with E-state index >= 15 is 0 Å². The summed E-state index contributed by atoms with van der Waals surface area (Å²) in [4.78, 5) is 10.2. The molecular formula is C15H15N3O2. The minimum Gasteiger partial charge on any atom is -0.278 e. The number of nitro benzene ring substituents is 1. The van der Waals surface area contributed by atoms with E-state index in [1.807, 2.05) is 32.0 Å². The topological polar surface area (TPSA) is 67.5 Å². The number of non-ortho nitro benzene ring substituents is 1. The van der Waals surface area contributed by atoms with E-state index in [-0.39, 0.29) is 5.69 Å². The molecule has 5 heteroatoms. The molecule has 0 aliphatic rings. The van der Waals surface area contributed by atoms with E-state index in [0.717, 1.165) is 5.69 Å². The number of hydrazone groups is 1. The van der Waals surface area contributed by atoms with Crippen LogP contribution in [-0.2, 0) is 0 Å². The molecule has 0 saturated carbocycles. The Morgan fingerprint density at radius 1 is 1.15 bits per heavy atom. The van der Waals surface area contributed by atoms with Gasteiger partial charge in [0.1, 0.15) is 0 Å². The first-order chi connectivity index (χ1) is 9.56. The van der Waals surface area contributed by atoms with Gasteiger partial charge in [-0.15, -0.1) is 0 Å². The lowest BCUT2D eigenvalue weighted by atomic mass is 10.1. The molecule has 2 aromatic rings. The van der Waals surface area contributed by atoms with E-state index < -0.39 is 4.92 Å². The summed E-state index contributed by atoms with van der Waals surface area (Å²) in [5.74, 6) is 0. The van der Waals surface area contributed by atoms with Crippen molar-refractivity contribution in [3.8, 4) is 0 Å². The van der Waals surface area contributed by atoms with Gasteiger partial charge in [0.2, 0.25) is 0 Å². The second kappa shape index (κ2) is 5.97. The first-order valence-electron chi connectivity index (χ1n) is 6.17. The Labute approximate surface area is 117 Å². The number of hydrogen-bond acceptors (Lipinski definition) is 4. The zero-order valence-corrected chi connectivity index (χ0v) is 11.3. The van der Waals surface area contributed by atoms with Gasteiger partial charge in [0.05, 0.1) is 16.8 Å². The molecule has 0 aromatic heterocycles. The molecule has 0 saturated heterocycles. The van der Waals surface area contributed by atoms with Crippen LogP contribution in [0.25, 0.3) is 0 Å². The Morgan fingerprint density at radius 3 is 2.65 bits per heavy atom. The summed E-state index contributed by atoms with van der Waals surface area (Å²) >= 11 is 0. The van der Waals surface area contributed by atoms with Crippen molar-refractivity contribution in [3.63, 3.8) is 0 Å². The van der Waals surface area contributed by atoms with Crippen molar-refractivity contribution in [1.82, 2.24) is 0 Å². The molecular weight excluding hydrogens is 254 g/mol. The number of benzene rings is 2. The molecule has 0 aliphatic heterocycles. The number of hydrogen-bond donors (Lipinski definition) is 1. The fourth-order valence-electron chi connectivity index (χ4n) is 1.71. The molecule has 0 atom stereocenters. The number of nitro groups is 1. The lowest BCUT2D eigenvalue weighted by molar-refractivity contribution is -0.384. The summed E-state index contributed by atoms with van der Waals surface area (Å²) in [5.41, 5.74) is 6.93. The van der Waals surface area contributed by atoms with Gasteiger partial charge in [0.15, 0.2) is 0 Å². The van der Waals surface area contributed by atoms with Crippen LogP contribution in [-0.4, -0.2) is 11.1 Å². The Balaban J connectivity index is 2.08. The van der Waals surface area contributed by atoms with Crippen molar-refractivity contribution >= 4 is 17.6 Å². The first kappa shape index (κ1) is 13.7. The van der Waals surface area contributed by atoms with Crippen molar-refractivity contribution in [3.05, 3.63) is 69.3 Å². The average Bonchev–Trinajstić information content (AvgIpc) is 2.43. The van der Waals surface area contributed by atoms with E-state index in [2.05, 4.69) is 10.5 Å². The number of nitrogens with one attached hydrogen (secondary N) is 1. The zero-order valence-electron chi connectivity index (χ0n) is 11.3. The maximum absolute atomic E-state index is 10.7. The highest BCUT2D eigenvalue weighted by molar-refractivity contribution is 5.81. The average molecular weight is 269 g/mol. The fourth-order valence-corrected chi connectivity index (χ4v) is 1.71. The third kappa shape index (κ3) is 3.41. The molecule has 0 fully saturated rings. The maximum Gasteiger partial charge on any atom is 0.270 e. The third-order valence-electron chi connectivity index (χ3n) is 3.00. The quantitative estimate of drug-likeness (QED) is 0.523. The van der Waals surface area contributed by atoms with Crippen LogP contribution in [0.3, 0.4) is 0 Å². The van der Waals surface area contributed by atoms with Gasteiger partial charge >= 0.3 is 0 Å². The third-order valence-corrected chi connectivity index (χ3v) is 3.00. The lowest BCUT2D eigenvalue weighted by Crippen LogP contribution is -1.93. The van der Waals surface area contributed by atoms with E-state index in [1.165, 1.54) is 23.3 Å². The van der Waals surface area contributed by atoms with Crippen molar-refractivity contribution in [2.45, 2.75) is 13.8 Å². The van der Waals surface area contributed by atoms with Crippen LogP contribution in [0.4, 0.5) is 11.4 Å². The van der Waals surface area contributed by atoms with Crippen LogP contribution in [0.5, 0.6) is 0 Å². The molecule has 2 rings (SSSR count). The lowest BCUT2D eigenvalue weighted by Gasteiger charge is -2.04. The van der Waals surface area contributed by atoms with Gasteiger partial charge in [-0.2, -0.15) is 5.10 Å². The minimum atomic E-state index is -0.423. The molecule has 0 spiro atoms. The molecule has 0 bridgehead atoms. The van der Waals surface area contributed by atoms with Gasteiger partial charge in [0, 0.05) is 17.7 Å². The molecule has 0 aliphatic carbocycles. The summed E-state index contributed by atoms with van der Waals surface area (Å²) in [7, 11) is 0. The van der Waals surface area contributed by atoms with Gasteiger partial charge in [0.25, 0.3) is 5.69 Å². The Bertz CT molecular complexity index is 666. The van der Waals surface area contributed by atoms with Gasteiger partial charge in [-0.25, -0.2) is 0 Å². The zero-order chi connectivity index (χ0) is 14.5. The van der Waals surface area contributed by atoms with E-state index in [1.54, 1.807) is 18.3 Å². The molecule has 5 nitrogen and oxygen atoms in total. The second-order valence-corrected chi connectivity index (χ2v) is 4.52. The Morgan fingerprint density at radius 2 is 1.95 bits per heavy atom. The smallest absolute Gasteiger partial charge is 0.270 e. The van der Waals surface area contributed by atoms with Crippen LogP contribution in [0.15, 0.2) is 47.6 Å². The Hall–Kier alpha value is -2.69. The summed E-state index contributed by atoms with van der Waals surface area (Å²) < 4.78 is 0. The minimum absolute atomic E-state index is 0.0557. The normalized spacial score (nSPS) is 10.7. The van der Waals surface area contributed by atoms with Crippen LogP contribution in [0.1, 0.15) is 16.7 Å². The standard InChI is InChI=1S/C15H15N3O2/c1-11-6-7-14(8-12(11)2)17-16-10-13-4-3-5-15(9-13)18(19)20/h3-10,17H,1-2H3/b16-10+. The number of rotatable bonds is 4. The molecule has 102 valence electrons. The van der Waals surface area contributed by atoms with Gasteiger partial charge in [-0.1, -0.05) is 18.2 Å². The van der Waals surface area contributed by atoms with Crippen LogP contribution in [0.2, 0.25) is 0 Å². The van der Waals surface area contributed by atoms with Crippen molar-refractivity contribution in [2.75, 3.05) is 5.43 Å². The SMILES string of the molecule is Cc1ccc(N/N=C/c2cccc([N+](=O)[O-])c2)cc1C. The maximum atomic E-state index is 10.7. The van der Waals surface area contributed by atoms with E-state index in [9.17, 15) is 10.1 Å². The monoisotopic (exact) mass is 269 g/mol. The fraction of sp³-hybridized carbons (Fsp3) is 0.133. The highest BCUT2D eigenvalue weighted by atomic mass is 16.6. The second-order valence-electron chi connectivity index (χ2n) is 4.52. The Kier molecular flexibility index (Phi) is 4.10. The van der Waals surface area contributed by atoms with Crippen LogP contribution < -0.4 is 5.43 Å². The van der Waals surface area contributed by atoms with Gasteiger partial charge in [-0.3, -0.25) is 15.5 Å². The van der Waals surface area contributed by atoms with Crippen molar-refractivity contribution in [2.24, 2.45) is 5.10 Å². The number of anilines is 1. The van der Waals surface area contributed by atoms with Gasteiger partial charge in [-0.05, 0) is 37.1 Å². The van der Waals surface area contributed by atoms with Gasteiger partial charge < -0.3 is 0 Å². The molecule has 0 amide bonds. The number of nitrogens with zero attached hydrogens (tertiary/aromatic N) is 2. The largest absolute Gasteiger partial charge is 0.278 e. The highest BCUT2D eigenvalue weighted by Gasteiger charge is 2.03. The highest BCUT2D eigenvalue weighted by Crippen LogP contribution is 2.14. The summed E-state index contributed by atoms with van der Waals surface area (Å²) in [6, 6.07) is 12.3. The molecule has 0 radical (unpaired) electrons. The predicted octanol–water partition coefficient (Wildman–Crippen LogP) is 3.66. The first-order valence-corrected chi connectivity index (χ1v) is 6.17. The van der Waals surface area contributed by atoms with E-state index in [4.69, 9.17) is 0 Å². The van der Waals surface area contributed by atoms with Crippen molar-refractivity contribution < 1.29 is 4.92 Å². The summed E-state index contributed by atoms with van der Waals surface area (Å²) in [5, 5.41) is 14.7. The molecule has 2 aromatic carbocycles. The molecule has 0 unspecified atom stereocenters. The predicted molar refractivity (Wildman–Crippen MR) is 80.2 cm³/mol. The van der Waals surface area contributed by atoms with Crippen molar-refractivity contribution in [1.29, 1.82) is 0 Å². The van der Waals surface area contributed by atoms with Crippen LogP contribution in [0, 0.1) is 24.0 Å². The molecule has 20 heavy (non-hydrogen) atoms. The van der Waals surface area contributed by atoms with Crippen LogP contribution >= 0.6 is 0 Å².